The van der Waals surface area contributed by atoms with Crippen molar-refractivity contribution in [2.45, 2.75) is 0 Å². The maximum atomic E-state index is 8.35. The van der Waals surface area contributed by atoms with Gasteiger partial charge in [0.2, 0.25) is 0 Å². The van der Waals surface area contributed by atoms with Crippen LogP contribution in [0.5, 0.6) is 0 Å². The van der Waals surface area contributed by atoms with Crippen LogP contribution in [0, 0.1) is 45.3 Å². The molecule has 0 saturated heterocycles. The summed E-state index contributed by atoms with van der Waals surface area (Å²) in [5, 5.41) is 33.4. The number of rotatable bonds is 4. The van der Waals surface area contributed by atoms with Gasteiger partial charge in [0, 0.05) is 0 Å². The van der Waals surface area contributed by atoms with Crippen molar-refractivity contribution in [3.8, 4) is 24.3 Å². The lowest BCUT2D eigenvalue weighted by molar-refractivity contribution is 0.193. The van der Waals surface area contributed by atoms with Gasteiger partial charge in [0.25, 0.3) is 0 Å². The molecule has 0 aliphatic carbocycles. The summed E-state index contributed by atoms with van der Waals surface area (Å²) in [7, 11) is 0. The zero-order valence-corrected chi connectivity index (χ0v) is 7.77. The van der Waals surface area contributed by atoms with E-state index in [1.807, 2.05) is 0 Å². The molecule has 0 heterocycles. The van der Waals surface area contributed by atoms with Crippen molar-refractivity contribution < 1.29 is 4.74 Å². The first-order chi connectivity index (χ1) is 7.28. The van der Waals surface area contributed by atoms with Crippen molar-refractivity contribution in [1.82, 2.24) is 0 Å². The van der Waals surface area contributed by atoms with Gasteiger partial charge in [-0.15, -0.1) is 0 Å². The van der Waals surface area contributed by atoms with E-state index in [1.54, 1.807) is 24.3 Å². The number of nitrogens with zero attached hydrogens (tertiary/aromatic N) is 4. The lowest BCUT2D eigenvalue weighted by Gasteiger charge is -1.93. The van der Waals surface area contributed by atoms with Crippen LogP contribution in [0.1, 0.15) is 0 Å². The molecular formula is C10H6N4O. The van der Waals surface area contributed by atoms with Gasteiger partial charge in [0.05, 0.1) is 13.2 Å². The minimum atomic E-state index is -0.0280. The van der Waals surface area contributed by atoms with Crippen molar-refractivity contribution in [3.05, 3.63) is 23.3 Å². The number of allylic oxidation sites excluding steroid dienone is 2. The summed E-state index contributed by atoms with van der Waals surface area (Å²) in [6, 6.07) is 6.69. The topological polar surface area (TPSA) is 104 Å². The van der Waals surface area contributed by atoms with Crippen LogP contribution >= 0.6 is 0 Å². The molecular weight excluding hydrogens is 192 g/mol. The van der Waals surface area contributed by atoms with Crippen LogP contribution in [-0.2, 0) is 4.74 Å². The van der Waals surface area contributed by atoms with Gasteiger partial charge in [0.15, 0.2) is 0 Å². The molecule has 0 fully saturated rings. The largest absolute Gasteiger partial charge is 0.373 e. The summed E-state index contributed by atoms with van der Waals surface area (Å²) >= 11 is 0. The average Bonchev–Trinajstić information content (AvgIpc) is 2.29. The second-order valence-electron chi connectivity index (χ2n) is 2.22. The highest BCUT2D eigenvalue weighted by Crippen LogP contribution is 1.92. The molecule has 5 heteroatoms. The lowest BCUT2D eigenvalue weighted by atomic mass is 10.3. The normalized spacial score (nSPS) is 7.20. The fourth-order valence-electron chi connectivity index (χ4n) is 0.585. The van der Waals surface area contributed by atoms with E-state index in [2.05, 4.69) is 0 Å². The molecule has 0 atom stereocenters. The zero-order chi connectivity index (χ0) is 11.5. The third-order valence-electron chi connectivity index (χ3n) is 1.29. The molecule has 0 rings (SSSR count). The molecule has 0 radical (unpaired) electrons. The molecule has 0 aliphatic heterocycles. The van der Waals surface area contributed by atoms with Gasteiger partial charge < -0.3 is 4.74 Å². The summed E-state index contributed by atoms with van der Waals surface area (Å²) in [4.78, 5) is 0. The zero-order valence-electron chi connectivity index (χ0n) is 7.77. The van der Waals surface area contributed by atoms with Crippen molar-refractivity contribution in [3.63, 3.8) is 0 Å². The molecule has 0 saturated carbocycles. The van der Waals surface area contributed by atoms with E-state index in [4.69, 9.17) is 25.8 Å². The second-order valence-corrected chi connectivity index (χ2v) is 2.22. The highest BCUT2D eigenvalue weighted by atomic mass is 16.5. The van der Waals surface area contributed by atoms with Crippen molar-refractivity contribution >= 4 is 0 Å². The first-order valence-corrected chi connectivity index (χ1v) is 3.87. The third-order valence-corrected chi connectivity index (χ3v) is 1.29. The second kappa shape index (κ2) is 8.02. The Morgan fingerprint density at radius 2 is 1.13 bits per heavy atom. The highest BCUT2D eigenvalue weighted by molar-refractivity contribution is 5.35. The van der Waals surface area contributed by atoms with E-state index in [0.717, 1.165) is 0 Å². The molecule has 0 amide bonds. The summed E-state index contributed by atoms with van der Waals surface area (Å²) in [6.45, 7) is 0.189. The van der Waals surface area contributed by atoms with E-state index >= 15 is 0 Å². The van der Waals surface area contributed by atoms with Gasteiger partial charge in [0.1, 0.15) is 35.4 Å². The molecule has 0 bridgehead atoms. The molecule has 5 nitrogen and oxygen atoms in total. The van der Waals surface area contributed by atoms with Crippen LogP contribution in [0.2, 0.25) is 0 Å². The Bertz CT molecular complexity index is 360. The summed E-state index contributed by atoms with van der Waals surface area (Å²) in [5.74, 6) is 0. The molecule has 72 valence electrons. The Hall–Kier alpha value is -2.60. The Morgan fingerprint density at radius 1 is 0.800 bits per heavy atom. The maximum Gasteiger partial charge on any atom is 0.127 e. The molecule has 0 aliphatic rings. The molecule has 0 unspecified atom stereocenters. The maximum absolute atomic E-state index is 8.35. The first kappa shape index (κ1) is 12.4. The van der Waals surface area contributed by atoms with E-state index < -0.39 is 0 Å². The number of nitriles is 4. The van der Waals surface area contributed by atoms with Gasteiger partial charge in [-0.3, -0.25) is 0 Å². The van der Waals surface area contributed by atoms with E-state index in [-0.39, 0.29) is 24.4 Å². The molecule has 0 spiro atoms. The molecule has 0 N–H and O–H groups in total. The Morgan fingerprint density at radius 3 is 1.40 bits per heavy atom. The van der Waals surface area contributed by atoms with Crippen molar-refractivity contribution in [1.29, 1.82) is 21.0 Å². The fourth-order valence-corrected chi connectivity index (χ4v) is 0.585. The monoisotopic (exact) mass is 198 g/mol. The lowest BCUT2D eigenvalue weighted by Crippen LogP contribution is -1.92. The van der Waals surface area contributed by atoms with E-state index in [1.165, 1.54) is 12.2 Å². The quantitative estimate of drug-likeness (QED) is 0.494. The fraction of sp³-hybridized carbons (Fsp3) is 0.200. The van der Waals surface area contributed by atoms with Crippen LogP contribution < -0.4 is 0 Å². The third kappa shape index (κ3) is 5.61. The van der Waals surface area contributed by atoms with Gasteiger partial charge in [-0.2, -0.15) is 21.0 Å². The van der Waals surface area contributed by atoms with Gasteiger partial charge >= 0.3 is 0 Å². The van der Waals surface area contributed by atoms with Crippen LogP contribution in [0.3, 0.4) is 0 Å². The average molecular weight is 198 g/mol. The van der Waals surface area contributed by atoms with Crippen LogP contribution in [0.15, 0.2) is 23.3 Å². The molecule has 0 aromatic carbocycles. The van der Waals surface area contributed by atoms with E-state index in [0.29, 0.717) is 0 Å². The number of hydrogen-bond acceptors (Lipinski definition) is 5. The molecule has 0 aromatic heterocycles. The van der Waals surface area contributed by atoms with Crippen LogP contribution in [0.4, 0.5) is 0 Å². The minimum absolute atomic E-state index is 0.0280. The standard InChI is InChI=1S/C10H6N4O/c11-5-9(6-12)1-3-15-4-2-10(7-13)8-14/h1-2H,3-4H2. The Labute approximate surface area is 87.3 Å². The predicted octanol–water partition coefficient (Wildman–Crippen LogP) is 0.950. The first-order valence-electron chi connectivity index (χ1n) is 3.87. The highest BCUT2D eigenvalue weighted by Gasteiger charge is 1.92. The smallest absolute Gasteiger partial charge is 0.127 e. The van der Waals surface area contributed by atoms with Gasteiger partial charge in [-0.05, 0) is 12.2 Å². The Balaban J connectivity index is 3.96. The summed E-state index contributed by atoms with van der Waals surface area (Å²) in [5.41, 5.74) is -0.0560. The molecule has 15 heavy (non-hydrogen) atoms. The minimum Gasteiger partial charge on any atom is -0.373 e. The van der Waals surface area contributed by atoms with Gasteiger partial charge in [-0.25, -0.2) is 0 Å². The predicted molar refractivity (Wildman–Crippen MR) is 49.4 cm³/mol. The van der Waals surface area contributed by atoms with Crippen molar-refractivity contribution in [2.75, 3.05) is 13.2 Å². The SMILES string of the molecule is N#CC(C#N)=CCOCC=C(C#N)C#N. The van der Waals surface area contributed by atoms with Crippen LogP contribution in [0.25, 0.3) is 0 Å². The van der Waals surface area contributed by atoms with Gasteiger partial charge in [-0.1, -0.05) is 0 Å². The van der Waals surface area contributed by atoms with E-state index in [9.17, 15) is 0 Å². The Kier molecular flexibility index (Phi) is 6.63. The van der Waals surface area contributed by atoms with Crippen molar-refractivity contribution in [2.24, 2.45) is 0 Å². The summed E-state index contributed by atoms with van der Waals surface area (Å²) in [6.07, 6.45) is 2.65. The summed E-state index contributed by atoms with van der Waals surface area (Å²) < 4.78 is 4.94. The number of hydrogen-bond donors (Lipinski definition) is 0. The van der Waals surface area contributed by atoms with Crippen LogP contribution in [-0.4, -0.2) is 13.2 Å². The molecule has 0 aromatic rings. The number of ether oxygens (including phenoxy) is 1.